The van der Waals surface area contributed by atoms with Crippen molar-refractivity contribution in [2.24, 2.45) is 0 Å². The number of hydrogen-bond donors (Lipinski definition) is 0. The molecule has 0 heterocycles. The Balaban J connectivity index is 3.14. The summed E-state index contributed by atoms with van der Waals surface area (Å²) in [6.07, 6.45) is 0. The average Bonchev–Trinajstić information content (AvgIpc) is 1.65. The Morgan fingerprint density at radius 2 is 2.00 bits per heavy atom. The summed E-state index contributed by atoms with van der Waals surface area (Å²) in [5.41, 5.74) is 0. The van der Waals surface area contributed by atoms with Crippen LogP contribution < -0.4 is 0 Å². The van der Waals surface area contributed by atoms with E-state index >= 15 is 0 Å². The number of rotatable bonds is 2. The van der Waals surface area contributed by atoms with Crippen LogP contribution in [0.25, 0.3) is 0 Å². The molecule has 0 rings (SSSR count). The highest BCUT2D eigenvalue weighted by Crippen LogP contribution is 2.18. The molecular weight excluding hydrogens is 125 g/mol. The predicted octanol–water partition coefficient (Wildman–Crippen LogP) is 1.42. The lowest BCUT2D eigenvalue weighted by molar-refractivity contribution is 0.404. The summed E-state index contributed by atoms with van der Waals surface area (Å²) in [7, 11) is 6.78. The monoisotopic (exact) mass is 137 g/mol. The van der Waals surface area contributed by atoms with Crippen molar-refractivity contribution in [3.8, 4) is 0 Å². The lowest BCUT2D eigenvalue weighted by Gasteiger charge is -2.15. The molecule has 0 aromatic carbocycles. The summed E-state index contributed by atoms with van der Waals surface area (Å²) in [6, 6.07) is 0. The van der Waals surface area contributed by atoms with Crippen molar-refractivity contribution in [1.82, 2.24) is 4.90 Å². The molecular formula is C4H12NPS. The highest BCUT2D eigenvalue weighted by molar-refractivity contribution is 8.44. The minimum atomic E-state index is 0.616. The van der Waals surface area contributed by atoms with Gasteiger partial charge >= 0.3 is 0 Å². The molecule has 0 aromatic rings. The molecule has 0 N–H and O–H groups in total. The van der Waals surface area contributed by atoms with Gasteiger partial charge in [-0.1, -0.05) is 8.44 Å². The molecule has 7 heavy (non-hydrogen) atoms. The van der Waals surface area contributed by atoms with Crippen LogP contribution in [0.3, 0.4) is 0 Å². The zero-order chi connectivity index (χ0) is 5.86. The van der Waals surface area contributed by atoms with Gasteiger partial charge in [0.1, 0.15) is 0 Å². The molecule has 2 atom stereocenters. The van der Waals surface area contributed by atoms with Crippen molar-refractivity contribution < 1.29 is 0 Å². The van der Waals surface area contributed by atoms with Crippen molar-refractivity contribution in [2.45, 2.75) is 12.3 Å². The van der Waals surface area contributed by atoms with E-state index in [1.165, 1.54) is 0 Å². The van der Waals surface area contributed by atoms with Crippen molar-refractivity contribution in [1.29, 1.82) is 0 Å². The van der Waals surface area contributed by atoms with E-state index in [9.17, 15) is 0 Å². The van der Waals surface area contributed by atoms with Crippen molar-refractivity contribution >= 4 is 19.8 Å². The van der Waals surface area contributed by atoms with Gasteiger partial charge in [-0.25, -0.2) is 0 Å². The third kappa shape index (κ3) is 3.33. The molecule has 1 nitrogen and oxygen atoms in total. The maximum absolute atomic E-state index is 2.64. The van der Waals surface area contributed by atoms with Crippen LogP contribution >= 0.6 is 19.8 Å². The molecule has 0 fully saturated rings. The van der Waals surface area contributed by atoms with E-state index in [-0.39, 0.29) is 0 Å². The Kier molecular flexibility index (Phi) is 4.10. The minimum absolute atomic E-state index is 0.616. The molecule has 0 aromatic heterocycles. The maximum Gasteiger partial charge on any atom is 0.0559 e. The zero-order valence-corrected chi connectivity index (χ0v) is 6.98. The third-order valence-electron chi connectivity index (χ3n) is 0.924. The van der Waals surface area contributed by atoms with Gasteiger partial charge in [0, 0.05) is 0 Å². The average molecular weight is 137 g/mol. The van der Waals surface area contributed by atoms with E-state index in [0.717, 1.165) is 0 Å². The van der Waals surface area contributed by atoms with E-state index in [4.69, 9.17) is 0 Å². The van der Waals surface area contributed by atoms with Crippen LogP contribution in [0.2, 0.25) is 0 Å². The van der Waals surface area contributed by atoms with E-state index < -0.39 is 0 Å². The molecule has 0 bridgehead atoms. The summed E-state index contributed by atoms with van der Waals surface area (Å²) < 4.78 is 0. The molecule has 0 aliphatic heterocycles. The van der Waals surface area contributed by atoms with Gasteiger partial charge in [-0.2, -0.15) is 0 Å². The Morgan fingerprint density at radius 3 is 2.00 bits per heavy atom. The van der Waals surface area contributed by atoms with Gasteiger partial charge in [0.2, 0.25) is 0 Å². The molecule has 0 spiro atoms. The van der Waals surface area contributed by atoms with Crippen LogP contribution in [0.4, 0.5) is 0 Å². The molecule has 0 amide bonds. The van der Waals surface area contributed by atoms with E-state index in [1.54, 1.807) is 11.4 Å². The van der Waals surface area contributed by atoms with Crippen molar-refractivity contribution in [3.63, 3.8) is 0 Å². The number of hydrogen-bond acceptors (Lipinski definition) is 2. The van der Waals surface area contributed by atoms with Gasteiger partial charge in [0.15, 0.2) is 0 Å². The molecule has 3 heteroatoms. The molecule has 2 unspecified atom stereocenters. The van der Waals surface area contributed by atoms with Crippen LogP contribution in [-0.4, -0.2) is 24.4 Å². The Hall–Kier alpha value is 0.740. The van der Waals surface area contributed by atoms with Crippen molar-refractivity contribution in [3.05, 3.63) is 0 Å². The highest BCUT2D eigenvalue weighted by Gasteiger charge is 1.97. The van der Waals surface area contributed by atoms with Gasteiger partial charge in [0.05, 0.1) is 5.37 Å². The lowest BCUT2D eigenvalue weighted by atomic mass is 10.7. The first-order valence-corrected chi connectivity index (χ1v) is 4.56. The predicted molar refractivity (Wildman–Crippen MR) is 40.5 cm³/mol. The van der Waals surface area contributed by atoms with E-state index in [0.29, 0.717) is 5.37 Å². The molecule has 0 aliphatic carbocycles. The summed E-state index contributed by atoms with van der Waals surface area (Å²) >= 11 is 1.78. The second-order valence-corrected chi connectivity index (χ2v) is 3.47. The SMILES string of the molecule is CC(SP)N(C)C. The first-order chi connectivity index (χ1) is 3.18. The van der Waals surface area contributed by atoms with E-state index in [2.05, 4.69) is 34.4 Å². The topological polar surface area (TPSA) is 3.24 Å². The van der Waals surface area contributed by atoms with Gasteiger partial charge in [-0.3, -0.25) is 4.90 Å². The van der Waals surface area contributed by atoms with Crippen LogP contribution in [0.1, 0.15) is 6.92 Å². The standard InChI is InChI=1S/C4H12NPS/c1-4(7-6)5(2)3/h4H,6H2,1-3H3. The van der Waals surface area contributed by atoms with Gasteiger partial charge < -0.3 is 0 Å². The summed E-state index contributed by atoms with van der Waals surface area (Å²) in [5.74, 6) is 0. The molecule has 0 aliphatic rings. The molecule has 0 saturated heterocycles. The Bertz CT molecular complexity index is 49.0. The van der Waals surface area contributed by atoms with Crippen LogP contribution in [0.5, 0.6) is 0 Å². The quantitative estimate of drug-likeness (QED) is 0.418. The Morgan fingerprint density at radius 1 is 1.57 bits per heavy atom. The fourth-order valence-corrected chi connectivity index (χ4v) is 1.10. The maximum atomic E-state index is 2.64. The first kappa shape index (κ1) is 7.74. The van der Waals surface area contributed by atoms with Gasteiger partial charge in [-0.05, 0) is 21.0 Å². The smallest absolute Gasteiger partial charge is 0.0559 e. The minimum Gasteiger partial charge on any atom is -0.298 e. The largest absolute Gasteiger partial charge is 0.298 e. The first-order valence-electron chi connectivity index (χ1n) is 2.20. The molecule has 0 saturated carbocycles. The summed E-state index contributed by atoms with van der Waals surface area (Å²) in [5, 5.41) is 0.616. The summed E-state index contributed by atoms with van der Waals surface area (Å²) in [6.45, 7) is 2.16. The molecule has 0 radical (unpaired) electrons. The normalized spacial score (nSPS) is 15.0. The lowest BCUT2D eigenvalue weighted by Crippen LogP contribution is -2.19. The number of nitrogens with zero attached hydrogens (tertiary/aromatic N) is 1. The highest BCUT2D eigenvalue weighted by atomic mass is 32.7. The Labute approximate surface area is 51.8 Å². The van der Waals surface area contributed by atoms with Gasteiger partial charge in [-0.15, -0.1) is 11.4 Å². The van der Waals surface area contributed by atoms with Crippen LogP contribution in [0, 0.1) is 0 Å². The third-order valence-corrected chi connectivity index (χ3v) is 2.92. The second-order valence-electron chi connectivity index (χ2n) is 1.70. The van der Waals surface area contributed by atoms with Gasteiger partial charge in [0.25, 0.3) is 0 Å². The fourth-order valence-electron chi connectivity index (χ4n) is 0.122. The second kappa shape index (κ2) is 3.71. The fraction of sp³-hybridized carbons (Fsp3) is 1.00. The summed E-state index contributed by atoms with van der Waals surface area (Å²) in [4.78, 5) is 2.16. The zero-order valence-electron chi connectivity index (χ0n) is 5.01. The van der Waals surface area contributed by atoms with Crippen LogP contribution in [-0.2, 0) is 0 Å². The van der Waals surface area contributed by atoms with Crippen LogP contribution in [0.15, 0.2) is 0 Å². The van der Waals surface area contributed by atoms with E-state index in [1.807, 2.05) is 0 Å². The molecule has 44 valence electrons. The van der Waals surface area contributed by atoms with Crippen molar-refractivity contribution in [2.75, 3.05) is 14.1 Å².